The molecule has 0 fully saturated rings. The van der Waals surface area contributed by atoms with E-state index in [0.29, 0.717) is 33.8 Å². The molecule has 4 rings (SSSR count). The molecule has 1 aromatic heterocycles. The number of nitrogens with two attached hydrogens (primary N) is 1. The van der Waals surface area contributed by atoms with Crippen LogP contribution in [0.25, 0.3) is 10.9 Å². The summed E-state index contributed by atoms with van der Waals surface area (Å²) in [6, 6.07) is 11.1. The van der Waals surface area contributed by atoms with Gasteiger partial charge in [0.05, 0.1) is 12.1 Å². The smallest absolute Gasteiger partial charge is 0.341 e. The maximum atomic E-state index is 12.4. The minimum absolute atomic E-state index is 0.0720. The van der Waals surface area contributed by atoms with Crippen LogP contribution in [-0.2, 0) is 4.74 Å². The first-order valence-corrected chi connectivity index (χ1v) is 8.88. The molecule has 4 N–H and O–H groups in total. The molecule has 2 heterocycles. The van der Waals surface area contributed by atoms with Gasteiger partial charge in [-0.15, -0.1) is 0 Å². The Morgan fingerprint density at radius 2 is 1.83 bits per heavy atom. The molecule has 0 aliphatic carbocycles. The van der Waals surface area contributed by atoms with E-state index < -0.39 is 12.0 Å². The zero-order valence-corrected chi connectivity index (χ0v) is 15.5. The Hall–Kier alpha value is -4.01. The first kappa shape index (κ1) is 18.4. The molecule has 1 aliphatic heterocycles. The van der Waals surface area contributed by atoms with E-state index in [2.05, 4.69) is 15.6 Å². The van der Waals surface area contributed by atoms with Crippen molar-refractivity contribution in [3.63, 3.8) is 0 Å². The number of urea groups is 1. The number of aromatic nitrogens is 1. The maximum absolute atomic E-state index is 12.4. The molecular weight excluding hydrogens is 376 g/mol. The number of esters is 1. The average molecular weight is 394 g/mol. The molecule has 0 atom stereocenters. The third-order valence-corrected chi connectivity index (χ3v) is 4.20. The van der Waals surface area contributed by atoms with Gasteiger partial charge in [0.1, 0.15) is 11.4 Å². The third kappa shape index (κ3) is 3.84. The van der Waals surface area contributed by atoms with E-state index in [1.165, 1.54) is 0 Å². The highest BCUT2D eigenvalue weighted by Gasteiger charge is 2.21. The second kappa shape index (κ2) is 7.55. The lowest BCUT2D eigenvalue weighted by atomic mass is 10.1. The Labute approximate surface area is 165 Å². The molecule has 0 bridgehead atoms. The molecule has 0 saturated heterocycles. The summed E-state index contributed by atoms with van der Waals surface area (Å²) in [6.07, 6.45) is 0. The summed E-state index contributed by atoms with van der Waals surface area (Å²) in [5.74, 6) is 0.590. The van der Waals surface area contributed by atoms with Gasteiger partial charge in [0.2, 0.25) is 6.79 Å². The highest BCUT2D eigenvalue weighted by molar-refractivity contribution is 6.06. The normalized spacial score (nSPS) is 11.9. The summed E-state index contributed by atoms with van der Waals surface area (Å²) >= 11 is 0. The Kier molecular flexibility index (Phi) is 4.78. The van der Waals surface area contributed by atoms with Crippen molar-refractivity contribution in [1.29, 1.82) is 0 Å². The van der Waals surface area contributed by atoms with Gasteiger partial charge >= 0.3 is 12.0 Å². The van der Waals surface area contributed by atoms with E-state index >= 15 is 0 Å². The first-order chi connectivity index (χ1) is 14.0. The average Bonchev–Trinajstić information content (AvgIpc) is 3.15. The van der Waals surface area contributed by atoms with Crippen molar-refractivity contribution >= 4 is 40.1 Å². The number of rotatable bonds is 4. The molecule has 148 valence electrons. The third-order valence-electron chi connectivity index (χ3n) is 4.20. The summed E-state index contributed by atoms with van der Waals surface area (Å²) in [5, 5.41) is 5.93. The number of anilines is 3. The molecule has 9 heteroatoms. The number of hydrogen-bond acceptors (Lipinski definition) is 7. The van der Waals surface area contributed by atoms with Gasteiger partial charge in [-0.1, -0.05) is 0 Å². The number of carbonyl (C=O) groups excluding carboxylic acids is 2. The molecule has 9 nitrogen and oxygen atoms in total. The van der Waals surface area contributed by atoms with Gasteiger partial charge in [-0.3, -0.25) is 5.32 Å². The summed E-state index contributed by atoms with van der Waals surface area (Å²) in [4.78, 5) is 29.3. The number of carbonyl (C=O) groups is 2. The van der Waals surface area contributed by atoms with E-state index in [1.807, 2.05) is 0 Å². The van der Waals surface area contributed by atoms with Gasteiger partial charge in [-0.2, -0.15) is 0 Å². The van der Waals surface area contributed by atoms with Gasteiger partial charge in [0, 0.05) is 22.8 Å². The fraction of sp³-hybridized carbons (Fsp3) is 0.150. The van der Waals surface area contributed by atoms with Gasteiger partial charge in [-0.05, 0) is 43.3 Å². The van der Waals surface area contributed by atoms with E-state index in [0.717, 1.165) is 0 Å². The summed E-state index contributed by atoms with van der Waals surface area (Å²) < 4.78 is 15.8. The topological polar surface area (TPSA) is 125 Å². The lowest BCUT2D eigenvalue weighted by Crippen LogP contribution is -2.22. The van der Waals surface area contributed by atoms with Crippen LogP contribution in [-0.4, -0.2) is 30.4 Å². The van der Waals surface area contributed by atoms with Gasteiger partial charge in [-0.25, -0.2) is 14.6 Å². The van der Waals surface area contributed by atoms with Crippen molar-refractivity contribution in [2.24, 2.45) is 0 Å². The predicted molar refractivity (Wildman–Crippen MR) is 107 cm³/mol. The van der Waals surface area contributed by atoms with E-state index in [4.69, 9.17) is 19.9 Å². The fourth-order valence-corrected chi connectivity index (χ4v) is 2.86. The number of benzene rings is 2. The van der Waals surface area contributed by atoms with Crippen molar-refractivity contribution in [1.82, 2.24) is 4.98 Å². The zero-order valence-electron chi connectivity index (χ0n) is 15.5. The SMILES string of the molecule is CCOC(=O)c1cc2cc3c(cc2nc1NC(=O)Nc1ccc(N)cc1)OCO3. The lowest BCUT2D eigenvalue weighted by Gasteiger charge is -2.12. The molecule has 2 amide bonds. The van der Waals surface area contributed by atoms with Crippen molar-refractivity contribution < 1.29 is 23.8 Å². The van der Waals surface area contributed by atoms with Crippen molar-refractivity contribution in [3.05, 3.63) is 48.0 Å². The van der Waals surface area contributed by atoms with Crippen LogP contribution in [0.2, 0.25) is 0 Å². The minimum atomic E-state index is -0.595. The quantitative estimate of drug-likeness (QED) is 0.458. The predicted octanol–water partition coefficient (Wildman–Crippen LogP) is 3.37. The Morgan fingerprint density at radius 3 is 2.55 bits per heavy atom. The number of amides is 2. The number of ether oxygens (including phenoxy) is 3. The molecule has 3 aromatic rings. The second-order valence-corrected chi connectivity index (χ2v) is 6.20. The summed E-state index contributed by atoms with van der Waals surface area (Å²) in [7, 11) is 0. The first-order valence-electron chi connectivity index (χ1n) is 8.88. The molecule has 0 radical (unpaired) electrons. The molecule has 0 unspecified atom stereocenters. The van der Waals surface area contributed by atoms with Gasteiger partial charge < -0.3 is 25.3 Å². The number of nitrogen functional groups attached to an aromatic ring is 1. The van der Waals surface area contributed by atoms with Crippen molar-refractivity contribution in [3.8, 4) is 11.5 Å². The standard InChI is InChI=1S/C20H18N4O5/c1-2-27-19(25)14-7-11-8-16-17(29-10-28-16)9-15(11)23-18(14)24-20(26)22-13-5-3-12(21)4-6-13/h3-9H,2,10,21H2,1H3,(H2,22,23,24,26). The molecule has 2 aromatic carbocycles. The second-order valence-electron chi connectivity index (χ2n) is 6.20. The van der Waals surface area contributed by atoms with Crippen LogP contribution < -0.4 is 25.8 Å². The number of hydrogen-bond donors (Lipinski definition) is 3. The van der Waals surface area contributed by atoms with Crippen LogP contribution in [0.4, 0.5) is 22.0 Å². The molecule has 0 spiro atoms. The minimum Gasteiger partial charge on any atom is -0.462 e. The zero-order chi connectivity index (χ0) is 20.4. The lowest BCUT2D eigenvalue weighted by molar-refractivity contribution is 0.0527. The van der Waals surface area contributed by atoms with Crippen LogP contribution >= 0.6 is 0 Å². The Morgan fingerprint density at radius 1 is 1.10 bits per heavy atom. The Balaban J connectivity index is 1.67. The van der Waals surface area contributed by atoms with Crippen molar-refractivity contribution in [2.75, 3.05) is 29.8 Å². The largest absolute Gasteiger partial charge is 0.462 e. The fourth-order valence-electron chi connectivity index (χ4n) is 2.86. The highest BCUT2D eigenvalue weighted by atomic mass is 16.7. The molecule has 29 heavy (non-hydrogen) atoms. The molecule has 0 saturated carbocycles. The van der Waals surface area contributed by atoms with Crippen LogP contribution in [0.5, 0.6) is 11.5 Å². The van der Waals surface area contributed by atoms with Crippen LogP contribution in [0.15, 0.2) is 42.5 Å². The number of fused-ring (bicyclic) bond motifs is 2. The number of nitrogens with one attached hydrogen (secondary N) is 2. The summed E-state index contributed by atoms with van der Waals surface area (Å²) in [5.41, 5.74) is 7.43. The van der Waals surface area contributed by atoms with E-state index in [-0.39, 0.29) is 24.8 Å². The van der Waals surface area contributed by atoms with Gasteiger partial charge in [0.15, 0.2) is 11.5 Å². The Bertz CT molecular complexity index is 1100. The molecular formula is C20H18N4O5. The van der Waals surface area contributed by atoms with Crippen LogP contribution in [0.1, 0.15) is 17.3 Å². The van der Waals surface area contributed by atoms with E-state index in [9.17, 15) is 9.59 Å². The van der Waals surface area contributed by atoms with Gasteiger partial charge in [0.25, 0.3) is 0 Å². The number of nitrogens with zero attached hydrogens (tertiary/aromatic N) is 1. The maximum Gasteiger partial charge on any atom is 0.341 e. The van der Waals surface area contributed by atoms with Crippen molar-refractivity contribution in [2.45, 2.75) is 6.92 Å². The summed E-state index contributed by atoms with van der Waals surface area (Å²) in [6.45, 7) is 2.01. The highest BCUT2D eigenvalue weighted by Crippen LogP contribution is 2.36. The van der Waals surface area contributed by atoms with E-state index in [1.54, 1.807) is 49.4 Å². The number of pyridine rings is 1. The monoisotopic (exact) mass is 394 g/mol. The van der Waals surface area contributed by atoms with Crippen LogP contribution in [0, 0.1) is 0 Å². The molecule has 1 aliphatic rings. The van der Waals surface area contributed by atoms with Crippen LogP contribution in [0.3, 0.4) is 0 Å².